The first-order chi connectivity index (χ1) is 9.00. The van der Waals surface area contributed by atoms with E-state index in [0.717, 1.165) is 5.56 Å². The Hall–Kier alpha value is -0.910. The molecule has 1 saturated heterocycles. The second-order valence-electron chi connectivity index (χ2n) is 5.24. The fraction of sp³-hybridized carbons (Fsp3) is 0.571. The molecule has 1 fully saturated rings. The molecule has 2 rings (SSSR count). The van der Waals surface area contributed by atoms with Gasteiger partial charge < -0.3 is 5.11 Å². The standard InChI is InChI=1S/C14H21NO3S/c1-12-3-2-4-13(9-12)10-15(6-7-16)14-5-8-19(17,18)11-14/h2-4,9,14,16H,5-8,10-11H2,1H3/t14-/m1/s1. The lowest BCUT2D eigenvalue weighted by Crippen LogP contribution is -2.37. The van der Waals surface area contributed by atoms with Gasteiger partial charge in [0.2, 0.25) is 0 Å². The van der Waals surface area contributed by atoms with Crippen molar-refractivity contribution in [2.24, 2.45) is 0 Å². The van der Waals surface area contributed by atoms with Gasteiger partial charge in [-0.05, 0) is 18.9 Å². The van der Waals surface area contributed by atoms with Crippen molar-refractivity contribution < 1.29 is 13.5 Å². The maximum absolute atomic E-state index is 11.6. The highest BCUT2D eigenvalue weighted by Crippen LogP contribution is 2.20. The molecule has 1 N–H and O–H groups in total. The second-order valence-corrected chi connectivity index (χ2v) is 7.47. The lowest BCUT2D eigenvalue weighted by molar-refractivity contribution is 0.153. The van der Waals surface area contributed by atoms with Crippen LogP contribution in [0.5, 0.6) is 0 Å². The van der Waals surface area contributed by atoms with Crippen LogP contribution in [0.25, 0.3) is 0 Å². The van der Waals surface area contributed by atoms with Gasteiger partial charge in [0.1, 0.15) is 0 Å². The minimum absolute atomic E-state index is 0.0395. The lowest BCUT2D eigenvalue weighted by Gasteiger charge is -2.27. The molecule has 0 saturated carbocycles. The average molecular weight is 283 g/mol. The van der Waals surface area contributed by atoms with E-state index in [-0.39, 0.29) is 24.2 Å². The third kappa shape index (κ3) is 4.03. The van der Waals surface area contributed by atoms with Crippen LogP contribution >= 0.6 is 0 Å². The highest BCUT2D eigenvalue weighted by Gasteiger charge is 2.31. The molecule has 0 bridgehead atoms. The van der Waals surface area contributed by atoms with Crippen LogP contribution in [0.4, 0.5) is 0 Å². The summed E-state index contributed by atoms with van der Waals surface area (Å²) in [6.45, 7) is 3.32. The number of benzene rings is 1. The Bertz CT molecular complexity index is 527. The first kappa shape index (κ1) is 14.5. The molecule has 19 heavy (non-hydrogen) atoms. The van der Waals surface area contributed by atoms with E-state index in [1.54, 1.807) is 0 Å². The summed E-state index contributed by atoms with van der Waals surface area (Å²) in [5.41, 5.74) is 2.36. The van der Waals surface area contributed by atoms with Crippen molar-refractivity contribution in [3.8, 4) is 0 Å². The second kappa shape index (κ2) is 6.03. The van der Waals surface area contributed by atoms with Crippen LogP contribution in [-0.2, 0) is 16.4 Å². The Morgan fingerprint density at radius 1 is 1.42 bits per heavy atom. The number of hydrogen-bond donors (Lipinski definition) is 1. The minimum Gasteiger partial charge on any atom is -0.395 e. The summed E-state index contributed by atoms with van der Waals surface area (Å²) in [5, 5.41) is 9.17. The molecular weight excluding hydrogens is 262 g/mol. The summed E-state index contributed by atoms with van der Waals surface area (Å²) in [5.74, 6) is 0.492. The fourth-order valence-electron chi connectivity index (χ4n) is 2.63. The molecule has 0 aliphatic carbocycles. The smallest absolute Gasteiger partial charge is 0.151 e. The third-order valence-corrected chi connectivity index (χ3v) is 5.33. The van der Waals surface area contributed by atoms with Crippen LogP contribution in [0, 0.1) is 6.92 Å². The highest BCUT2D eigenvalue weighted by molar-refractivity contribution is 7.91. The number of rotatable bonds is 5. The number of sulfone groups is 1. The van der Waals surface area contributed by atoms with Crippen molar-refractivity contribution >= 4 is 9.84 Å². The summed E-state index contributed by atoms with van der Waals surface area (Å²) in [6, 6.07) is 8.24. The first-order valence-corrected chi connectivity index (χ1v) is 8.43. The zero-order valence-electron chi connectivity index (χ0n) is 11.2. The molecule has 4 nitrogen and oxygen atoms in total. The van der Waals surface area contributed by atoms with Gasteiger partial charge in [-0.1, -0.05) is 29.8 Å². The molecule has 106 valence electrons. The van der Waals surface area contributed by atoms with E-state index in [4.69, 9.17) is 5.11 Å². The molecule has 1 atom stereocenters. The summed E-state index contributed by atoms with van der Waals surface area (Å²) in [7, 11) is -2.88. The summed E-state index contributed by atoms with van der Waals surface area (Å²) in [6.07, 6.45) is 0.675. The summed E-state index contributed by atoms with van der Waals surface area (Å²) in [4.78, 5) is 2.08. The van der Waals surface area contributed by atoms with E-state index in [9.17, 15) is 8.42 Å². The van der Waals surface area contributed by atoms with Gasteiger partial charge in [-0.25, -0.2) is 8.42 Å². The molecule has 1 aromatic carbocycles. The van der Waals surface area contributed by atoms with Gasteiger partial charge in [-0.3, -0.25) is 4.90 Å². The first-order valence-electron chi connectivity index (χ1n) is 6.61. The van der Waals surface area contributed by atoms with Gasteiger partial charge >= 0.3 is 0 Å². The number of hydrogen-bond acceptors (Lipinski definition) is 4. The Morgan fingerprint density at radius 2 is 2.21 bits per heavy atom. The van der Waals surface area contributed by atoms with E-state index in [1.165, 1.54) is 5.56 Å². The van der Waals surface area contributed by atoms with E-state index in [1.807, 2.05) is 25.1 Å². The predicted octanol–water partition coefficient (Wildman–Crippen LogP) is 0.976. The highest BCUT2D eigenvalue weighted by atomic mass is 32.2. The Balaban J connectivity index is 2.08. The van der Waals surface area contributed by atoms with Crippen LogP contribution in [0.2, 0.25) is 0 Å². The quantitative estimate of drug-likeness (QED) is 0.875. The molecule has 0 spiro atoms. The average Bonchev–Trinajstić information content (AvgIpc) is 2.69. The van der Waals surface area contributed by atoms with Gasteiger partial charge in [0.05, 0.1) is 18.1 Å². The van der Waals surface area contributed by atoms with Gasteiger partial charge in [0, 0.05) is 19.1 Å². The van der Waals surface area contributed by atoms with Crippen LogP contribution in [0.1, 0.15) is 17.5 Å². The number of aryl methyl sites for hydroxylation is 1. The number of nitrogens with zero attached hydrogens (tertiary/aromatic N) is 1. The largest absolute Gasteiger partial charge is 0.395 e. The Morgan fingerprint density at radius 3 is 2.79 bits per heavy atom. The molecule has 1 aliphatic heterocycles. The number of aliphatic hydroxyl groups excluding tert-OH is 1. The normalized spacial score (nSPS) is 21.9. The van der Waals surface area contributed by atoms with Crippen LogP contribution in [0.3, 0.4) is 0 Å². The van der Waals surface area contributed by atoms with Crippen molar-refractivity contribution in [1.82, 2.24) is 4.90 Å². The van der Waals surface area contributed by atoms with Gasteiger partial charge in [0.15, 0.2) is 9.84 Å². The molecule has 0 aromatic heterocycles. The van der Waals surface area contributed by atoms with E-state index in [2.05, 4.69) is 11.0 Å². The van der Waals surface area contributed by atoms with Crippen LogP contribution in [-0.4, -0.2) is 49.1 Å². The molecule has 1 aromatic rings. The molecule has 1 heterocycles. The monoisotopic (exact) mass is 283 g/mol. The molecule has 0 radical (unpaired) electrons. The van der Waals surface area contributed by atoms with Gasteiger partial charge in [0.25, 0.3) is 0 Å². The van der Waals surface area contributed by atoms with E-state index < -0.39 is 9.84 Å². The van der Waals surface area contributed by atoms with E-state index >= 15 is 0 Å². The molecule has 1 aliphatic rings. The Labute approximate surface area is 115 Å². The summed E-state index contributed by atoms with van der Waals surface area (Å²) < 4.78 is 23.1. The van der Waals surface area contributed by atoms with Crippen LogP contribution in [0.15, 0.2) is 24.3 Å². The van der Waals surface area contributed by atoms with Crippen molar-refractivity contribution in [3.63, 3.8) is 0 Å². The zero-order valence-corrected chi connectivity index (χ0v) is 12.1. The van der Waals surface area contributed by atoms with Crippen LogP contribution < -0.4 is 0 Å². The molecule has 0 amide bonds. The third-order valence-electron chi connectivity index (χ3n) is 3.58. The van der Waals surface area contributed by atoms with Crippen molar-refractivity contribution in [3.05, 3.63) is 35.4 Å². The van der Waals surface area contributed by atoms with Gasteiger partial charge in [-0.15, -0.1) is 0 Å². The minimum atomic E-state index is -2.88. The maximum atomic E-state index is 11.6. The molecular formula is C14H21NO3S. The fourth-order valence-corrected chi connectivity index (χ4v) is 4.39. The lowest BCUT2D eigenvalue weighted by atomic mass is 10.1. The number of aliphatic hydroxyl groups is 1. The molecule has 5 heteroatoms. The SMILES string of the molecule is Cc1cccc(CN(CCO)[C@@H]2CCS(=O)(=O)C2)c1. The van der Waals surface area contributed by atoms with E-state index in [0.29, 0.717) is 19.5 Å². The Kier molecular flexibility index (Phi) is 4.60. The van der Waals surface area contributed by atoms with Crippen molar-refractivity contribution in [2.45, 2.75) is 25.9 Å². The molecule has 0 unspecified atom stereocenters. The topological polar surface area (TPSA) is 57.6 Å². The predicted molar refractivity (Wildman–Crippen MR) is 75.7 cm³/mol. The zero-order chi connectivity index (χ0) is 13.9. The maximum Gasteiger partial charge on any atom is 0.151 e. The van der Waals surface area contributed by atoms with Gasteiger partial charge in [-0.2, -0.15) is 0 Å². The van der Waals surface area contributed by atoms with Crippen molar-refractivity contribution in [1.29, 1.82) is 0 Å². The summed E-state index contributed by atoms with van der Waals surface area (Å²) >= 11 is 0. The van der Waals surface area contributed by atoms with Crippen molar-refractivity contribution in [2.75, 3.05) is 24.7 Å².